The van der Waals surface area contributed by atoms with Crippen LogP contribution in [-0.4, -0.2) is 18.2 Å². The summed E-state index contributed by atoms with van der Waals surface area (Å²) >= 11 is 1.70. The summed E-state index contributed by atoms with van der Waals surface area (Å²) in [6, 6.07) is 8.05. The van der Waals surface area contributed by atoms with Crippen molar-refractivity contribution in [3.05, 3.63) is 29.8 Å². The lowest BCUT2D eigenvalue weighted by atomic mass is 10.1. The lowest BCUT2D eigenvalue weighted by Crippen LogP contribution is -2.26. The van der Waals surface area contributed by atoms with Crippen LogP contribution in [0, 0.1) is 0 Å². The van der Waals surface area contributed by atoms with Crippen molar-refractivity contribution in [3.8, 4) is 0 Å². The Morgan fingerprint density at radius 1 is 1.17 bits per heavy atom. The number of guanidine groups is 2. The highest BCUT2D eigenvalue weighted by Gasteiger charge is 2.04. The van der Waals surface area contributed by atoms with Gasteiger partial charge in [-0.25, -0.2) is 4.99 Å². The average molecular weight is 288 g/mol. The van der Waals surface area contributed by atoms with Crippen LogP contribution >= 0.6 is 24.2 Å². The minimum atomic E-state index is -0.0869. The van der Waals surface area contributed by atoms with Crippen molar-refractivity contribution >= 4 is 36.1 Å². The topological polar surface area (TPSA) is 103 Å². The molecule has 0 aliphatic rings. The third-order valence-electron chi connectivity index (χ3n) is 2.17. The number of rotatable bonds is 3. The fourth-order valence-corrected chi connectivity index (χ4v) is 1.72. The Balaban J connectivity index is 0.00000289. The van der Waals surface area contributed by atoms with Gasteiger partial charge in [0.05, 0.1) is 6.04 Å². The first kappa shape index (κ1) is 16.6. The predicted molar refractivity (Wildman–Crippen MR) is 81.3 cm³/mol. The van der Waals surface area contributed by atoms with Crippen LogP contribution in [0.5, 0.6) is 0 Å². The Bertz CT molecular complexity index is 426. The molecule has 0 amide bonds. The van der Waals surface area contributed by atoms with Gasteiger partial charge < -0.3 is 17.2 Å². The number of halogens is 1. The summed E-state index contributed by atoms with van der Waals surface area (Å²) in [7, 11) is 0. The summed E-state index contributed by atoms with van der Waals surface area (Å²) < 4.78 is 0. The van der Waals surface area contributed by atoms with Gasteiger partial charge in [-0.15, -0.1) is 24.2 Å². The monoisotopic (exact) mass is 287 g/mol. The van der Waals surface area contributed by atoms with Crippen LogP contribution in [0.1, 0.15) is 18.5 Å². The quantitative estimate of drug-likeness (QED) is 0.445. The molecule has 1 aromatic rings. The third kappa shape index (κ3) is 5.29. The molecule has 1 rings (SSSR count). The van der Waals surface area contributed by atoms with E-state index in [1.807, 2.05) is 37.4 Å². The second-order valence-corrected chi connectivity index (χ2v) is 4.35. The molecule has 0 aliphatic carbocycles. The molecule has 1 atom stereocenters. The van der Waals surface area contributed by atoms with Crippen molar-refractivity contribution in [2.24, 2.45) is 27.2 Å². The van der Waals surface area contributed by atoms with Gasteiger partial charge in [-0.3, -0.25) is 0 Å². The molecular weight excluding hydrogens is 270 g/mol. The van der Waals surface area contributed by atoms with Gasteiger partial charge >= 0.3 is 0 Å². The van der Waals surface area contributed by atoms with Crippen molar-refractivity contribution in [2.75, 3.05) is 6.26 Å². The summed E-state index contributed by atoms with van der Waals surface area (Å²) in [4.78, 5) is 9.07. The van der Waals surface area contributed by atoms with E-state index in [0.29, 0.717) is 0 Å². The van der Waals surface area contributed by atoms with E-state index in [-0.39, 0.29) is 30.4 Å². The van der Waals surface area contributed by atoms with E-state index in [1.165, 1.54) is 4.90 Å². The number of hydrogen-bond donors (Lipinski definition) is 3. The second-order valence-electron chi connectivity index (χ2n) is 3.47. The molecule has 0 heterocycles. The first-order valence-corrected chi connectivity index (χ1v) is 6.32. The molecule has 0 aliphatic heterocycles. The van der Waals surface area contributed by atoms with Crippen molar-refractivity contribution in [2.45, 2.75) is 17.9 Å². The van der Waals surface area contributed by atoms with E-state index in [4.69, 9.17) is 17.2 Å². The molecule has 1 aromatic carbocycles. The first-order valence-electron chi connectivity index (χ1n) is 5.09. The van der Waals surface area contributed by atoms with E-state index < -0.39 is 0 Å². The molecule has 0 fully saturated rings. The van der Waals surface area contributed by atoms with Crippen LogP contribution < -0.4 is 17.2 Å². The minimum Gasteiger partial charge on any atom is -0.370 e. The number of benzene rings is 1. The molecule has 0 bridgehead atoms. The molecule has 0 spiro atoms. The largest absolute Gasteiger partial charge is 0.370 e. The Kier molecular flexibility index (Phi) is 7.23. The predicted octanol–water partition coefficient (Wildman–Crippen LogP) is 1.48. The molecule has 5 nitrogen and oxygen atoms in total. The van der Waals surface area contributed by atoms with Crippen LogP contribution in [0.25, 0.3) is 0 Å². The average Bonchev–Trinajstić information content (AvgIpc) is 2.28. The van der Waals surface area contributed by atoms with Gasteiger partial charge in [-0.2, -0.15) is 4.99 Å². The molecule has 0 radical (unpaired) electrons. The maximum absolute atomic E-state index is 5.57. The molecule has 18 heavy (non-hydrogen) atoms. The minimum absolute atomic E-state index is 0. The SMILES string of the molecule is CSc1ccc(C(C)N=C(N)N=C(N)N)cc1.Cl. The van der Waals surface area contributed by atoms with E-state index >= 15 is 0 Å². The van der Waals surface area contributed by atoms with Gasteiger partial charge in [0.2, 0.25) is 5.96 Å². The van der Waals surface area contributed by atoms with Gasteiger partial charge in [-0.05, 0) is 30.9 Å². The van der Waals surface area contributed by atoms with Crippen LogP contribution in [0.2, 0.25) is 0 Å². The fraction of sp³-hybridized carbons (Fsp3) is 0.273. The Morgan fingerprint density at radius 3 is 2.17 bits per heavy atom. The summed E-state index contributed by atoms with van der Waals surface area (Å²) in [5, 5.41) is 0. The zero-order valence-electron chi connectivity index (χ0n) is 10.3. The molecule has 0 saturated carbocycles. The molecule has 0 saturated heterocycles. The van der Waals surface area contributed by atoms with Crippen LogP contribution in [-0.2, 0) is 0 Å². The Hall–Kier alpha value is -1.40. The Morgan fingerprint density at radius 2 is 1.72 bits per heavy atom. The molecule has 1 unspecified atom stereocenters. The highest BCUT2D eigenvalue weighted by atomic mass is 35.5. The highest BCUT2D eigenvalue weighted by Crippen LogP contribution is 2.20. The number of hydrogen-bond acceptors (Lipinski definition) is 2. The molecule has 6 N–H and O–H groups in total. The van der Waals surface area contributed by atoms with Gasteiger partial charge in [0.15, 0.2) is 5.96 Å². The van der Waals surface area contributed by atoms with E-state index in [1.54, 1.807) is 11.8 Å². The van der Waals surface area contributed by atoms with Crippen LogP contribution in [0.3, 0.4) is 0 Å². The number of thioether (sulfide) groups is 1. The number of nitrogens with zero attached hydrogens (tertiary/aromatic N) is 2. The summed E-state index contributed by atoms with van der Waals surface area (Å²) in [6.45, 7) is 1.93. The van der Waals surface area contributed by atoms with Gasteiger partial charge in [0.25, 0.3) is 0 Å². The summed E-state index contributed by atoms with van der Waals surface area (Å²) in [6.07, 6.45) is 2.04. The summed E-state index contributed by atoms with van der Waals surface area (Å²) in [5.41, 5.74) is 17.1. The third-order valence-corrected chi connectivity index (χ3v) is 2.91. The lowest BCUT2D eigenvalue weighted by Gasteiger charge is -2.07. The first-order chi connectivity index (χ1) is 8.02. The molecule has 7 heteroatoms. The van der Waals surface area contributed by atoms with Gasteiger partial charge in [0, 0.05) is 4.90 Å². The smallest absolute Gasteiger partial charge is 0.219 e. The zero-order chi connectivity index (χ0) is 12.8. The maximum atomic E-state index is 5.57. The standard InChI is InChI=1S/C11H17N5S.ClH/c1-7(15-11(14)16-10(12)13)8-3-5-9(17-2)6-4-8;/h3-7H,1-2H3,(H6,12,13,14,15,16);1H. The van der Waals surface area contributed by atoms with Gasteiger partial charge in [0.1, 0.15) is 0 Å². The number of aliphatic imine (C=N–C) groups is 2. The fourth-order valence-electron chi connectivity index (χ4n) is 1.32. The lowest BCUT2D eigenvalue weighted by molar-refractivity contribution is 0.814. The van der Waals surface area contributed by atoms with E-state index in [0.717, 1.165) is 5.56 Å². The van der Waals surface area contributed by atoms with Crippen molar-refractivity contribution < 1.29 is 0 Å². The highest BCUT2D eigenvalue weighted by molar-refractivity contribution is 7.98. The molecule has 100 valence electrons. The maximum Gasteiger partial charge on any atom is 0.219 e. The number of nitrogens with two attached hydrogens (primary N) is 3. The van der Waals surface area contributed by atoms with E-state index in [9.17, 15) is 0 Å². The molecular formula is C11H18ClN5S. The van der Waals surface area contributed by atoms with Gasteiger partial charge in [-0.1, -0.05) is 12.1 Å². The molecule has 0 aromatic heterocycles. The van der Waals surface area contributed by atoms with Crippen LogP contribution in [0.15, 0.2) is 39.1 Å². The normalized spacial score (nSPS) is 12.4. The Labute approximate surface area is 117 Å². The van der Waals surface area contributed by atoms with Crippen LogP contribution in [0.4, 0.5) is 0 Å². The van der Waals surface area contributed by atoms with E-state index in [2.05, 4.69) is 9.98 Å². The second kappa shape index (κ2) is 7.84. The van der Waals surface area contributed by atoms with Crippen molar-refractivity contribution in [1.29, 1.82) is 0 Å². The van der Waals surface area contributed by atoms with Crippen molar-refractivity contribution in [1.82, 2.24) is 0 Å². The zero-order valence-corrected chi connectivity index (χ0v) is 12.0. The summed E-state index contributed by atoms with van der Waals surface area (Å²) in [5.74, 6) is 0.00243. The van der Waals surface area contributed by atoms with Crippen molar-refractivity contribution in [3.63, 3.8) is 0 Å².